The second kappa shape index (κ2) is 7.95. The minimum atomic E-state index is -1.29. The smallest absolute Gasteiger partial charge is 0.256 e. The summed E-state index contributed by atoms with van der Waals surface area (Å²) >= 11 is 0. The molecule has 1 fully saturated rings. The number of nitrogens with one attached hydrogen (secondary N) is 3. The maximum absolute atomic E-state index is 14.5. The van der Waals surface area contributed by atoms with Crippen molar-refractivity contribution >= 4 is 23.2 Å². The molecule has 31 heavy (non-hydrogen) atoms. The van der Waals surface area contributed by atoms with Crippen LogP contribution in [0.4, 0.5) is 30.5 Å². The number of carbonyl (C=O) groups is 1. The van der Waals surface area contributed by atoms with Gasteiger partial charge in [0.25, 0.3) is 5.91 Å². The predicted octanol–water partition coefficient (Wildman–Crippen LogP) is 3.18. The average Bonchev–Trinajstić information content (AvgIpc) is 3.23. The highest BCUT2D eigenvalue weighted by Crippen LogP contribution is 2.31. The van der Waals surface area contributed by atoms with Crippen molar-refractivity contribution in [1.82, 2.24) is 14.9 Å². The predicted molar refractivity (Wildman–Crippen MR) is 109 cm³/mol. The van der Waals surface area contributed by atoms with Gasteiger partial charge in [-0.05, 0) is 36.8 Å². The van der Waals surface area contributed by atoms with E-state index in [1.54, 1.807) is 25.4 Å². The van der Waals surface area contributed by atoms with Crippen molar-refractivity contribution in [3.63, 3.8) is 0 Å². The van der Waals surface area contributed by atoms with E-state index in [0.29, 0.717) is 11.5 Å². The number of imidazole rings is 1. The molecule has 2 heterocycles. The van der Waals surface area contributed by atoms with E-state index in [4.69, 9.17) is 0 Å². The fourth-order valence-electron chi connectivity index (χ4n) is 3.41. The Morgan fingerprint density at radius 2 is 2.00 bits per heavy atom. The molecular weight excluding hydrogens is 411 g/mol. The fraction of sp³-hybridized carbons (Fsp3) is 0.238. The van der Waals surface area contributed by atoms with E-state index in [1.165, 1.54) is 17.0 Å². The Labute approximate surface area is 175 Å². The summed E-state index contributed by atoms with van der Waals surface area (Å²) in [6.07, 6.45) is 3.18. The first-order chi connectivity index (χ1) is 14.8. The van der Waals surface area contributed by atoms with Gasteiger partial charge in [-0.2, -0.15) is 0 Å². The Kier molecular flexibility index (Phi) is 5.32. The summed E-state index contributed by atoms with van der Waals surface area (Å²) in [7, 11) is 0. The third-order valence-electron chi connectivity index (χ3n) is 5.05. The Balaban J connectivity index is 1.51. The largest absolute Gasteiger partial charge is 0.384 e. The number of amides is 1. The molecule has 1 aliphatic heterocycles. The number of hydrogen-bond acceptors (Lipinski definition) is 5. The monoisotopic (exact) mass is 431 g/mol. The van der Waals surface area contributed by atoms with Crippen LogP contribution >= 0.6 is 0 Å². The lowest BCUT2D eigenvalue weighted by Crippen LogP contribution is -2.66. The summed E-state index contributed by atoms with van der Waals surface area (Å²) < 4.78 is 42.6. The first-order valence-corrected chi connectivity index (χ1v) is 9.52. The van der Waals surface area contributed by atoms with Gasteiger partial charge in [0.15, 0.2) is 17.6 Å². The van der Waals surface area contributed by atoms with E-state index in [9.17, 15) is 23.1 Å². The Bertz CT molecular complexity index is 1110. The van der Waals surface area contributed by atoms with E-state index in [1.807, 2.05) is 0 Å². The van der Waals surface area contributed by atoms with Crippen LogP contribution in [0.5, 0.6) is 0 Å². The van der Waals surface area contributed by atoms with Crippen LogP contribution < -0.4 is 10.6 Å². The first kappa shape index (κ1) is 20.7. The summed E-state index contributed by atoms with van der Waals surface area (Å²) in [6, 6.07) is 6.19. The first-order valence-electron chi connectivity index (χ1n) is 9.52. The molecule has 4 rings (SSSR count). The molecule has 0 unspecified atom stereocenters. The van der Waals surface area contributed by atoms with Gasteiger partial charge in [0, 0.05) is 18.9 Å². The number of rotatable bonds is 6. The number of carbonyl (C=O) groups excluding carboxylic acids is 1. The van der Waals surface area contributed by atoms with Crippen molar-refractivity contribution in [3.05, 3.63) is 71.3 Å². The van der Waals surface area contributed by atoms with Crippen LogP contribution in [0.15, 0.2) is 42.7 Å². The normalized spacial score (nSPS) is 14.8. The van der Waals surface area contributed by atoms with Crippen LogP contribution in [0.2, 0.25) is 0 Å². The number of aromatic amines is 1. The molecule has 1 aliphatic rings. The van der Waals surface area contributed by atoms with Crippen molar-refractivity contribution < 1.29 is 23.1 Å². The van der Waals surface area contributed by atoms with Crippen LogP contribution in [-0.4, -0.2) is 51.1 Å². The third kappa shape index (κ3) is 4.19. The molecule has 162 valence electrons. The molecule has 10 heteroatoms. The van der Waals surface area contributed by atoms with Crippen molar-refractivity contribution in [2.45, 2.75) is 12.5 Å². The number of benzene rings is 2. The zero-order valence-corrected chi connectivity index (χ0v) is 16.5. The Morgan fingerprint density at radius 3 is 2.68 bits per heavy atom. The molecule has 0 radical (unpaired) electrons. The van der Waals surface area contributed by atoms with Gasteiger partial charge in [0.05, 0.1) is 30.0 Å². The van der Waals surface area contributed by atoms with Gasteiger partial charge in [-0.3, -0.25) is 4.79 Å². The lowest BCUT2D eigenvalue weighted by molar-refractivity contribution is -0.0707. The molecule has 0 saturated carbocycles. The topological polar surface area (TPSA) is 93.3 Å². The summed E-state index contributed by atoms with van der Waals surface area (Å²) in [6.45, 7) is 1.80. The van der Waals surface area contributed by atoms with Gasteiger partial charge >= 0.3 is 0 Å². The maximum Gasteiger partial charge on any atom is 0.256 e. The second-order valence-corrected chi connectivity index (χ2v) is 7.57. The standard InChI is InChI=1S/C21H20F3N5O2/c1-12-2-5-16(15(23)8-12)28-18-13(3-4-14(22)17(18)24)19(30)29-10-21(31,11-29)9-27-20-25-6-7-26-20/h2-8,28,31H,9-11H2,1H3,(H2,25,26,27). The molecule has 3 aromatic rings. The molecule has 4 N–H and O–H groups in total. The van der Waals surface area contributed by atoms with E-state index in [2.05, 4.69) is 20.6 Å². The zero-order valence-electron chi connectivity index (χ0n) is 16.5. The molecule has 1 saturated heterocycles. The molecule has 7 nitrogen and oxygen atoms in total. The summed E-state index contributed by atoms with van der Waals surface area (Å²) in [5.41, 5.74) is -1.26. The third-order valence-corrected chi connectivity index (χ3v) is 5.05. The fourth-order valence-corrected chi connectivity index (χ4v) is 3.41. The van der Waals surface area contributed by atoms with Gasteiger partial charge in [-0.15, -0.1) is 0 Å². The van der Waals surface area contributed by atoms with Gasteiger partial charge in [0.2, 0.25) is 0 Å². The summed E-state index contributed by atoms with van der Waals surface area (Å²) in [5.74, 6) is -3.26. The van der Waals surface area contributed by atoms with E-state index in [-0.39, 0.29) is 30.9 Å². The zero-order chi connectivity index (χ0) is 22.2. The number of halogens is 3. The summed E-state index contributed by atoms with van der Waals surface area (Å²) in [4.78, 5) is 21.0. The molecule has 0 aliphatic carbocycles. The number of H-pyrrole nitrogens is 1. The second-order valence-electron chi connectivity index (χ2n) is 7.57. The van der Waals surface area contributed by atoms with Crippen molar-refractivity contribution in [2.75, 3.05) is 30.3 Å². The van der Waals surface area contributed by atoms with Gasteiger partial charge < -0.3 is 25.6 Å². The van der Waals surface area contributed by atoms with Crippen LogP contribution in [0.3, 0.4) is 0 Å². The van der Waals surface area contributed by atoms with Crippen LogP contribution in [0, 0.1) is 24.4 Å². The van der Waals surface area contributed by atoms with Crippen molar-refractivity contribution in [3.8, 4) is 0 Å². The average molecular weight is 431 g/mol. The maximum atomic E-state index is 14.5. The SMILES string of the molecule is Cc1ccc(Nc2c(C(=O)N3CC(O)(CNc4ncc[nH]4)C3)ccc(F)c2F)c(F)c1. The number of nitrogens with zero attached hydrogens (tertiary/aromatic N) is 2. The summed E-state index contributed by atoms with van der Waals surface area (Å²) in [5, 5.41) is 16.0. The lowest BCUT2D eigenvalue weighted by atomic mass is 9.93. The Morgan fingerprint density at radius 1 is 1.23 bits per heavy atom. The number of β-amino-alcohol motifs (C(OH)–C–C–N with tert-alkyl or cyclic N) is 1. The van der Waals surface area contributed by atoms with Gasteiger partial charge in [0.1, 0.15) is 11.4 Å². The number of aromatic nitrogens is 2. The van der Waals surface area contributed by atoms with Crippen LogP contribution in [0.25, 0.3) is 0 Å². The number of aryl methyl sites for hydroxylation is 1. The van der Waals surface area contributed by atoms with Crippen LogP contribution in [0.1, 0.15) is 15.9 Å². The van der Waals surface area contributed by atoms with Crippen molar-refractivity contribution in [2.24, 2.45) is 0 Å². The number of aliphatic hydroxyl groups is 1. The molecule has 0 atom stereocenters. The quantitative estimate of drug-likeness (QED) is 0.481. The highest BCUT2D eigenvalue weighted by atomic mass is 19.2. The molecule has 0 spiro atoms. The van der Waals surface area contributed by atoms with Gasteiger partial charge in [-0.25, -0.2) is 18.2 Å². The molecular formula is C21H20F3N5O2. The van der Waals surface area contributed by atoms with Crippen LogP contribution in [-0.2, 0) is 0 Å². The molecule has 1 amide bonds. The minimum absolute atomic E-state index is 0.0170. The number of likely N-dealkylation sites (tertiary alicyclic amines) is 1. The lowest BCUT2D eigenvalue weighted by Gasteiger charge is -2.46. The van der Waals surface area contributed by atoms with E-state index >= 15 is 0 Å². The molecule has 0 bridgehead atoms. The number of hydrogen-bond donors (Lipinski definition) is 4. The van der Waals surface area contributed by atoms with Gasteiger partial charge in [-0.1, -0.05) is 6.07 Å². The number of anilines is 3. The highest BCUT2D eigenvalue weighted by Gasteiger charge is 2.44. The van der Waals surface area contributed by atoms with E-state index < -0.39 is 34.6 Å². The van der Waals surface area contributed by atoms with Crippen molar-refractivity contribution in [1.29, 1.82) is 0 Å². The molecule has 1 aromatic heterocycles. The minimum Gasteiger partial charge on any atom is -0.384 e. The molecule has 2 aromatic carbocycles. The highest BCUT2D eigenvalue weighted by molar-refractivity contribution is 6.01. The Hall–Kier alpha value is -3.53. The van der Waals surface area contributed by atoms with E-state index in [0.717, 1.165) is 12.1 Å².